The fourth-order valence-corrected chi connectivity index (χ4v) is 3.30. The minimum atomic E-state index is -0.710. The second-order valence-electron chi connectivity index (χ2n) is 6.42. The highest BCUT2D eigenvalue weighted by Crippen LogP contribution is 2.31. The van der Waals surface area contributed by atoms with Gasteiger partial charge in [-0.05, 0) is 45.6 Å². The Hall–Kier alpha value is -1.29. The number of aryl methyl sites for hydroxylation is 2. The lowest BCUT2D eigenvalue weighted by molar-refractivity contribution is -0.128. The van der Waals surface area contributed by atoms with Crippen LogP contribution in [0.3, 0.4) is 0 Å². The van der Waals surface area contributed by atoms with Crippen LogP contribution < -0.4 is 11.1 Å². The van der Waals surface area contributed by atoms with E-state index in [0.29, 0.717) is 5.92 Å². The number of nitrogens with two attached hydrogens (primary N) is 1. The lowest BCUT2D eigenvalue weighted by Crippen LogP contribution is -2.56. The van der Waals surface area contributed by atoms with Crippen LogP contribution in [0.2, 0.25) is 0 Å². The molecule has 1 amide bonds. The Bertz CT molecular complexity index is 495. The van der Waals surface area contributed by atoms with E-state index in [9.17, 15) is 4.79 Å². The Balaban J connectivity index is 2.05. The molecule has 0 bridgehead atoms. The first kappa shape index (κ1) is 15.1. The summed E-state index contributed by atoms with van der Waals surface area (Å²) in [7, 11) is 0. The minimum Gasteiger partial charge on any atom is -0.466 e. The van der Waals surface area contributed by atoms with Gasteiger partial charge in [0.25, 0.3) is 0 Å². The van der Waals surface area contributed by atoms with Crippen LogP contribution in [0.4, 0.5) is 0 Å². The molecular formula is C16H26N2O2. The third kappa shape index (κ3) is 3.06. The predicted octanol–water partition coefficient (Wildman–Crippen LogP) is 2.98. The highest BCUT2D eigenvalue weighted by molar-refractivity contribution is 5.86. The summed E-state index contributed by atoms with van der Waals surface area (Å²) in [6.45, 7) is 7.98. The number of carbonyl (C=O) groups is 1. The van der Waals surface area contributed by atoms with Gasteiger partial charge in [-0.1, -0.05) is 19.8 Å². The van der Waals surface area contributed by atoms with Crippen molar-refractivity contribution >= 4 is 5.91 Å². The third-order valence-electron chi connectivity index (χ3n) is 4.38. The van der Waals surface area contributed by atoms with Gasteiger partial charge in [0.2, 0.25) is 5.91 Å². The third-order valence-corrected chi connectivity index (χ3v) is 4.38. The van der Waals surface area contributed by atoms with E-state index in [2.05, 4.69) is 12.2 Å². The molecule has 0 radical (unpaired) electrons. The zero-order valence-electron chi connectivity index (χ0n) is 13.0. The molecule has 3 atom stereocenters. The molecule has 1 fully saturated rings. The van der Waals surface area contributed by atoms with Crippen molar-refractivity contribution in [2.75, 3.05) is 0 Å². The summed E-state index contributed by atoms with van der Waals surface area (Å²) in [6, 6.07) is 1.91. The molecule has 1 saturated carbocycles. The van der Waals surface area contributed by atoms with E-state index in [1.54, 1.807) is 0 Å². The van der Waals surface area contributed by atoms with Crippen molar-refractivity contribution in [3.8, 4) is 0 Å². The molecule has 1 aliphatic rings. The standard InChI is InChI=1S/C16H26N2O2/c1-10-6-5-7-16(17,9-10)15(19)18-12(3)14-8-11(2)20-13(14)4/h8,10,12H,5-7,9,17H2,1-4H3,(H,18,19). The maximum absolute atomic E-state index is 12.5. The van der Waals surface area contributed by atoms with Gasteiger partial charge >= 0.3 is 0 Å². The van der Waals surface area contributed by atoms with Crippen LogP contribution in [0.25, 0.3) is 0 Å². The van der Waals surface area contributed by atoms with E-state index in [4.69, 9.17) is 10.2 Å². The van der Waals surface area contributed by atoms with Gasteiger partial charge in [-0.25, -0.2) is 0 Å². The summed E-state index contributed by atoms with van der Waals surface area (Å²) in [5.41, 5.74) is 6.65. The Morgan fingerprint density at radius 2 is 2.25 bits per heavy atom. The molecule has 0 saturated heterocycles. The van der Waals surface area contributed by atoms with Crippen LogP contribution in [0.5, 0.6) is 0 Å². The number of hydrogen-bond acceptors (Lipinski definition) is 3. The van der Waals surface area contributed by atoms with Crippen LogP contribution in [-0.4, -0.2) is 11.4 Å². The Morgan fingerprint density at radius 3 is 2.80 bits per heavy atom. The van der Waals surface area contributed by atoms with Crippen molar-refractivity contribution in [1.82, 2.24) is 5.32 Å². The first-order chi connectivity index (χ1) is 9.32. The number of carbonyl (C=O) groups excluding carboxylic acids is 1. The summed E-state index contributed by atoms with van der Waals surface area (Å²) in [6.07, 6.45) is 3.75. The fourth-order valence-electron chi connectivity index (χ4n) is 3.30. The van der Waals surface area contributed by atoms with Gasteiger partial charge in [0, 0.05) is 5.56 Å². The van der Waals surface area contributed by atoms with Crippen LogP contribution in [0.1, 0.15) is 62.7 Å². The van der Waals surface area contributed by atoms with E-state index >= 15 is 0 Å². The molecule has 1 heterocycles. The zero-order chi connectivity index (χ0) is 14.9. The summed E-state index contributed by atoms with van der Waals surface area (Å²) >= 11 is 0. The maximum atomic E-state index is 12.5. The monoisotopic (exact) mass is 278 g/mol. The summed E-state index contributed by atoms with van der Waals surface area (Å²) in [5, 5.41) is 3.06. The smallest absolute Gasteiger partial charge is 0.240 e. The fraction of sp³-hybridized carbons (Fsp3) is 0.688. The lowest BCUT2D eigenvalue weighted by Gasteiger charge is -2.36. The quantitative estimate of drug-likeness (QED) is 0.893. The van der Waals surface area contributed by atoms with E-state index < -0.39 is 5.54 Å². The molecule has 4 nitrogen and oxygen atoms in total. The highest BCUT2D eigenvalue weighted by Gasteiger charge is 2.38. The molecular weight excluding hydrogens is 252 g/mol. The molecule has 112 valence electrons. The van der Waals surface area contributed by atoms with Gasteiger partial charge in [0.1, 0.15) is 11.5 Å². The van der Waals surface area contributed by atoms with E-state index in [1.807, 2.05) is 26.8 Å². The lowest BCUT2D eigenvalue weighted by atomic mass is 9.76. The summed E-state index contributed by atoms with van der Waals surface area (Å²) < 4.78 is 5.52. The molecule has 3 unspecified atom stereocenters. The van der Waals surface area contributed by atoms with Gasteiger partial charge in [0.15, 0.2) is 0 Å². The highest BCUT2D eigenvalue weighted by atomic mass is 16.3. The molecule has 2 rings (SSSR count). The number of amides is 1. The molecule has 0 aliphatic heterocycles. The molecule has 3 N–H and O–H groups in total. The largest absolute Gasteiger partial charge is 0.466 e. The number of furan rings is 1. The van der Waals surface area contributed by atoms with Crippen molar-refractivity contribution in [3.63, 3.8) is 0 Å². The summed E-state index contributed by atoms with van der Waals surface area (Å²) in [5.74, 6) is 2.22. The van der Waals surface area contributed by atoms with Crippen molar-refractivity contribution in [1.29, 1.82) is 0 Å². The van der Waals surface area contributed by atoms with E-state index in [0.717, 1.165) is 36.3 Å². The number of hydrogen-bond donors (Lipinski definition) is 2. The number of nitrogens with one attached hydrogen (secondary N) is 1. The first-order valence-corrected chi connectivity index (χ1v) is 7.48. The molecule has 1 aliphatic carbocycles. The minimum absolute atomic E-state index is 0.0326. The van der Waals surface area contributed by atoms with Gasteiger partial charge in [-0.15, -0.1) is 0 Å². The van der Waals surface area contributed by atoms with Crippen molar-refractivity contribution in [2.24, 2.45) is 11.7 Å². The second-order valence-corrected chi connectivity index (χ2v) is 6.42. The van der Waals surface area contributed by atoms with Gasteiger partial charge in [-0.2, -0.15) is 0 Å². The van der Waals surface area contributed by atoms with Crippen molar-refractivity contribution in [2.45, 2.75) is 65.0 Å². The first-order valence-electron chi connectivity index (χ1n) is 7.48. The number of rotatable bonds is 3. The van der Waals surface area contributed by atoms with Crippen LogP contribution in [0, 0.1) is 19.8 Å². The van der Waals surface area contributed by atoms with Crippen LogP contribution in [0.15, 0.2) is 10.5 Å². The Morgan fingerprint density at radius 1 is 1.55 bits per heavy atom. The average molecular weight is 278 g/mol. The average Bonchev–Trinajstić information content (AvgIpc) is 2.68. The zero-order valence-corrected chi connectivity index (χ0v) is 13.0. The molecule has 20 heavy (non-hydrogen) atoms. The topological polar surface area (TPSA) is 68.3 Å². The molecule has 1 aromatic heterocycles. The molecule has 1 aromatic rings. The maximum Gasteiger partial charge on any atom is 0.240 e. The normalized spacial score (nSPS) is 28.1. The second kappa shape index (κ2) is 5.60. The van der Waals surface area contributed by atoms with Crippen molar-refractivity contribution < 1.29 is 9.21 Å². The van der Waals surface area contributed by atoms with E-state index in [1.165, 1.54) is 6.42 Å². The molecule has 0 aromatic carbocycles. The molecule has 0 spiro atoms. The Labute approximate surface area is 121 Å². The predicted molar refractivity (Wildman–Crippen MR) is 79.3 cm³/mol. The Kier molecular flexibility index (Phi) is 4.23. The SMILES string of the molecule is Cc1cc(C(C)NC(=O)C2(N)CCCC(C)C2)c(C)o1. The molecule has 4 heteroatoms. The van der Waals surface area contributed by atoms with Gasteiger partial charge < -0.3 is 15.5 Å². The van der Waals surface area contributed by atoms with Crippen molar-refractivity contribution in [3.05, 3.63) is 23.2 Å². The summed E-state index contributed by atoms with van der Waals surface area (Å²) in [4.78, 5) is 12.5. The van der Waals surface area contributed by atoms with Crippen LogP contribution >= 0.6 is 0 Å². The van der Waals surface area contributed by atoms with Crippen LogP contribution in [-0.2, 0) is 4.79 Å². The van der Waals surface area contributed by atoms with Gasteiger partial charge in [0.05, 0.1) is 11.6 Å². The van der Waals surface area contributed by atoms with E-state index in [-0.39, 0.29) is 11.9 Å². The van der Waals surface area contributed by atoms with Gasteiger partial charge in [-0.3, -0.25) is 4.79 Å².